The standard InChI is InChI=1S/C12H17BrF3N3O2/c1-21-6-4-2-3-5-17-9-7-18-19(8-12(14,15)16)11(20)10(9)13/h7,17H,2-6,8H2,1H3. The third kappa shape index (κ3) is 6.47. The Hall–Kier alpha value is -1.09. The lowest BCUT2D eigenvalue weighted by Gasteiger charge is -2.11. The van der Waals surface area contributed by atoms with Crippen LogP contribution in [0.1, 0.15) is 19.3 Å². The van der Waals surface area contributed by atoms with Gasteiger partial charge in [-0.25, -0.2) is 4.68 Å². The predicted molar refractivity (Wildman–Crippen MR) is 76.5 cm³/mol. The molecule has 0 bridgehead atoms. The zero-order valence-corrected chi connectivity index (χ0v) is 13.1. The molecule has 1 aromatic rings. The summed E-state index contributed by atoms with van der Waals surface area (Å²) in [6, 6.07) is 0. The zero-order valence-electron chi connectivity index (χ0n) is 11.5. The summed E-state index contributed by atoms with van der Waals surface area (Å²) in [6.45, 7) is -0.104. The van der Waals surface area contributed by atoms with E-state index in [9.17, 15) is 18.0 Å². The number of unbranched alkanes of at least 4 members (excludes halogenated alkanes) is 2. The highest BCUT2D eigenvalue weighted by molar-refractivity contribution is 9.10. The van der Waals surface area contributed by atoms with Crippen molar-refractivity contribution in [3.63, 3.8) is 0 Å². The summed E-state index contributed by atoms with van der Waals surface area (Å²) >= 11 is 3.01. The molecule has 1 rings (SSSR count). The molecule has 0 aliphatic heterocycles. The molecule has 0 fully saturated rings. The van der Waals surface area contributed by atoms with E-state index in [1.165, 1.54) is 6.20 Å². The maximum Gasteiger partial charge on any atom is 0.408 e. The van der Waals surface area contributed by atoms with Crippen LogP contribution in [0.15, 0.2) is 15.5 Å². The third-order valence-electron chi connectivity index (χ3n) is 2.65. The van der Waals surface area contributed by atoms with Crippen LogP contribution >= 0.6 is 15.9 Å². The van der Waals surface area contributed by atoms with Gasteiger partial charge in [-0.05, 0) is 35.2 Å². The van der Waals surface area contributed by atoms with Crippen molar-refractivity contribution in [1.82, 2.24) is 9.78 Å². The van der Waals surface area contributed by atoms with Crippen LogP contribution in [0.5, 0.6) is 0 Å². The second kappa shape index (κ2) is 8.38. The van der Waals surface area contributed by atoms with Crippen molar-refractivity contribution >= 4 is 21.6 Å². The first-order valence-electron chi connectivity index (χ1n) is 6.40. The molecule has 0 amide bonds. The Labute approximate surface area is 128 Å². The number of nitrogens with one attached hydrogen (secondary N) is 1. The number of nitrogens with zero attached hydrogens (tertiary/aromatic N) is 2. The number of ether oxygens (including phenoxy) is 1. The van der Waals surface area contributed by atoms with Gasteiger partial charge in [-0.3, -0.25) is 4.79 Å². The highest BCUT2D eigenvalue weighted by Gasteiger charge is 2.29. The average Bonchev–Trinajstić information content (AvgIpc) is 2.40. The number of rotatable bonds is 8. The summed E-state index contributed by atoms with van der Waals surface area (Å²) in [4.78, 5) is 11.7. The van der Waals surface area contributed by atoms with Gasteiger partial charge in [0.15, 0.2) is 0 Å². The molecular formula is C12H17BrF3N3O2. The van der Waals surface area contributed by atoms with E-state index in [2.05, 4.69) is 26.3 Å². The normalized spacial score (nSPS) is 11.7. The van der Waals surface area contributed by atoms with E-state index in [1.807, 2.05) is 0 Å². The van der Waals surface area contributed by atoms with Crippen molar-refractivity contribution in [3.8, 4) is 0 Å². The molecular weight excluding hydrogens is 355 g/mol. The maximum atomic E-state index is 12.3. The fourth-order valence-corrected chi connectivity index (χ4v) is 2.09. The van der Waals surface area contributed by atoms with Crippen molar-refractivity contribution in [1.29, 1.82) is 0 Å². The summed E-state index contributed by atoms with van der Waals surface area (Å²) in [6.07, 6.45) is -0.512. The zero-order chi connectivity index (χ0) is 15.9. The van der Waals surface area contributed by atoms with Crippen LogP contribution in [0, 0.1) is 0 Å². The number of hydrogen-bond acceptors (Lipinski definition) is 4. The Bertz CT molecular complexity index is 506. The molecule has 0 aliphatic carbocycles. The van der Waals surface area contributed by atoms with E-state index < -0.39 is 18.3 Å². The van der Waals surface area contributed by atoms with E-state index in [-0.39, 0.29) is 4.47 Å². The van der Waals surface area contributed by atoms with Crippen LogP contribution in [-0.4, -0.2) is 36.2 Å². The Morgan fingerprint density at radius 3 is 2.71 bits per heavy atom. The number of methoxy groups -OCH3 is 1. The lowest BCUT2D eigenvalue weighted by molar-refractivity contribution is -0.143. The number of halogens is 4. The van der Waals surface area contributed by atoms with Gasteiger partial charge in [-0.2, -0.15) is 18.3 Å². The molecule has 0 saturated carbocycles. The number of hydrogen-bond donors (Lipinski definition) is 1. The molecule has 120 valence electrons. The van der Waals surface area contributed by atoms with Crippen LogP contribution in [0.3, 0.4) is 0 Å². The lowest BCUT2D eigenvalue weighted by atomic mass is 10.2. The monoisotopic (exact) mass is 371 g/mol. The molecule has 9 heteroatoms. The van der Waals surface area contributed by atoms with Gasteiger partial charge >= 0.3 is 6.18 Å². The summed E-state index contributed by atoms with van der Waals surface area (Å²) in [5, 5.41) is 6.50. The Morgan fingerprint density at radius 1 is 1.38 bits per heavy atom. The first-order valence-corrected chi connectivity index (χ1v) is 7.19. The Kier molecular flexibility index (Phi) is 7.16. The van der Waals surface area contributed by atoms with Gasteiger partial charge in [0, 0.05) is 20.3 Å². The fourth-order valence-electron chi connectivity index (χ4n) is 1.64. The smallest absolute Gasteiger partial charge is 0.385 e. The predicted octanol–water partition coefficient (Wildman–Crippen LogP) is 2.80. The molecule has 0 aliphatic rings. The van der Waals surface area contributed by atoms with E-state index in [0.717, 1.165) is 19.3 Å². The minimum absolute atomic E-state index is 0.0543. The van der Waals surface area contributed by atoms with Crippen molar-refractivity contribution in [2.24, 2.45) is 0 Å². The molecule has 0 saturated heterocycles. The van der Waals surface area contributed by atoms with Crippen LogP contribution < -0.4 is 10.9 Å². The molecule has 0 spiro atoms. The minimum atomic E-state index is -4.48. The molecule has 21 heavy (non-hydrogen) atoms. The quantitative estimate of drug-likeness (QED) is 0.713. The van der Waals surface area contributed by atoms with Crippen LogP contribution in [0.4, 0.5) is 18.9 Å². The SMILES string of the molecule is COCCCCCNc1cnn(CC(F)(F)F)c(=O)c1Br. The summed E-state index contributed by atoms with van der Waals surface area (Å²) < 4.78 is 42.1. The van der Waals surface area contributed by atoms with Gasteiger partial charge < -0.3 is 10.1 Å². The molecule has 0 radical (unpaired) electrons. The Morgan fingerprint density at radius 2 is 2.10 bits per heavy atom. The van der Waals surface area contributed by atoms with Crippen LogP contribution in [0.25, 0.3) is 0 Å². The highest BCUT2D eigenvalue weighted by Crippen LogP contribution is 2.19. The molecule has 0 unspecified atom stereocenters. The molecule has 0 atom stereocenters. The van der Waals surface area contributed by atoms with Gasteiger partial charge in [0.05, 0.1) is 11.9 Å². The van der Waals surface area contributed by atoms with Crippen LogP contribution in [-0.2, 0) is 11.3 Å². The summed E-state index contributed by atoms with van der Waals surface area (Å²) in [5.74, 6) is 0. The molecule has 1 heterocycles. The molecule has 0 aromatic carbocycles. The average molecular weight is 372 g/mol. The van der Waals surface area contributed by atoms with Gasteiger partial charge in [-0.1, -0.05) is 0 Å². The fraction of sp³-hybridized carbons (Fsp3) is 0.667. The highest BCUT2D eigenvalue weighted by atomic mass is 79.9. The first-order chi connectivity index (χ1) is 9.85. The van der Waals surface area contributed by atoms with E-state index in [0.29, 0.717) is 23.5 Å². The molecule has 1 N–H and O–H groups in total. The second-order valence-corrected chi connectivity index (χ2v) is 5.22. The van der Waals surface area contributed by atoms with Crippen LogP contribution in [0.2, 0.25) is 0 Å². The van der Waals surface area contributed by atoms with E-state index in [4.69, 9.17) is 4.74 Å². The van der Waals surface area contributed by atoms with Crippen molar-refractivity contribution in [3.05, 3.63) is 21.0 Å². The van der Waals surface area contributed by atoms with Gasteiger partial charge in [0.1, 0.15) is 11.0 Å². The second-order valence-electron chi connectivity index (χ2n) is 4.43. The minimum Gasteiger partial charge on any atom is -0.385 e. The van der Waals surface area contributed by atoms with Gasteiger partial charge in [0.25, 0.3) is 5.56 Å². The first kappa shape index (κ1) is 18.0. The topological polar surface area (TPSA) is 56.1 Å². The number of aromatic nitrogens is 2. The Balaban J connectivity index is 2.57. The van der Waals surface area contributed by atoms with Crippen molar-refractivity contribution < 1.29 is 17.9 Å². The van der Waals surface area contributed by atoms with Crippen molar-refractivity contribution in [2.45, 2.75) is 32.0 Å². The number of anilines is 1. The van der Waals surface area contributed by atoms with E-state index in [1.54, 1.807) is 7.11 Å². The van der Waals surface area contributed by atoms with E-state index >= 15 is 0 Å². The third-order valence-corrected chi connectivity index (χ3v) is 3.42. The number of alkyl halides is 3. The summed E-state index contributed by atoms with van der Waals surface area (Å²) in [5.41, 5.74) is -0.415. The van der Waals surface area contributed by atoms with Gasteiger partial charge in [0.2, 0.25) is 0 Å². The molecule has 1 aromatic heterocycles. The molecule has 5 nitrogen and oxygen atoms in total. The lowest BCUT2D eigenvalue weighted by Crippen LogP contribution is -2.31. The van der Waals surface area contributed by atoms with Crippen molar-refractivity contribution in [2.75, 3.05) is 25.6 Å². The largest absolute Gasteiger partial charge is 0.408 e. The maximum absolute atomic E-state index is 12.3. The van der Waals surface area contributed by atoms with Gasteiger partial charge in [-0.15, -0.1) is 0 Å². The summed E-state index contributed by atoms with van der Waals surface area (Å²) in [7, 11) is 1.64.